The molecule has 1 atom stereocenters. The van der Waals surface area contributed by atoms with Gasteiger partial charge < -0.3 is 10.4 Å². The first kappa shape index (κ1) is 13.5. The van der Waals surface area contributed by atoms with E-state index in [0.717, 1.165) is 38.2 Å². The van der Waals surface area contributed by atoms with E-state index in [4.69, 9.17) is 5.11 Å². The lowest BCUT2D eigenvalue weighted by Crippen LogP contribution is -2.45. The Morgan fingerprint density at radius 3 is 2.67 bits per heavy atom. The van der Waals surface area contributed by atoms with Crippen molar-refractivity contribution in [3.8, 4) is 0 Å². The molecule has 0 radical (unpaired) electrons. The maximum atomic E-state index is 13.9. The quantitative estimate of drug-likeness (QED) is 0.834. The zero-order valence-electron chi connectivity index (χ0n) is 10.6. The minimum absolute atomic E-state index is 0.0837. The van der Waals surface area contributed by atoms with E-state index in [-0.39, 0.29) is 18.5 Å². The van der Waals surface area contributed by atoms with Gasteiger partial charge in [0, 0.05) is 44.4 Å². The van der Waals surface area contributed by atoms with Crippen LogP contribution < -0.4 is 5.32 Å². The lowest BCUT2D eigenvalue weighted by molar-refractivity contribution is 0.151. The Morgan fingerprint density at radius 2 is 2.00 bits per heavy atom. The van der Waals surface area contributed by atoms with E-state index in [1.165, 1.54) is 6.07 Å². The van der Waals surface area contributed by atoms with Crippen LogP contribution in [0.3, 0.4) is 0 Å². The van der Waals surface area contributed by atoms with Crippen molar-refractivity contribution >= 4 is 0 Å². The van der Waals surface area contributed by atoms with Crippen LogP contribution in [0.5, 0.6) is 0 Å². The Balaban J connectivity index is 2.15. The molecule has 0 aliphatic carbocycles. The number of benzene rings is 1. The summed E-state index contributed by atoms with van der Waals surface area (Å²) in [5.41, 5.74) is 0.757. The molecule has 0 spiro atoms. The van der Waals surface area contributed by atoms with Gasteiger partial charge in [-0.15, -0.1) is 0 Å². The molecule has 1 fully saturated rings. The van der Waals surface area contributed by atoms with Crippen molar-refractivity contribution in [3.63, 3.8) is 0 Å². The molecule has 2 N–H and O–H groups in total. The van der Waals surface area contributed by atoms with Crippen LogP contribution in [0.1, 0.15) is 24.4 Å². The molecule has 1 saturated heterocycles. The fourth-order valence-corrected chi connectivity index (χ4v) is 2.56. The van der Waals surface area contributed by atoms with E-state index in [2.05, 4.69) is 10.2 Å². The maximum Gasteiger partial charge on any atom is 0.127 e. The number of rotatable bonds is 5. The molecule has 0 saturated carbocycles. The van der Waals surface area contributed by atoms with Gasteiger partial charge in [-0.3, -0.25) is 4.90 Å². The molecule has 1 aliphatic rings. The predicted octanol–water partition coefficient (Wildman–Crippen LogP) is 1.54. The topological polar surface area (TPSA) is 35.5 Å². The summed E-state index contributed by atoms with van der Waals surface area (Å²) in [6.45, 7) is 3.93. The van der Waals surface area contributed by atoms with Crippen molar-refractivity contribution in [2.24, 2.45) is 0 Å². The Kier molecular flexibility index (Phi) is 5.11. The average Bonchev–Trinajstić information content (AvgIpc) is 2.42. The van der Waals surface area contributed by atoms with Gasteiger partial charge in [0.15, 0.2) is 0 Å². The molecule has 18 heavy (non-hydrogen) atoms. The molecule has 4 heteroatoms. The Hall–Kier alpha value is -0.970. The van der Waals surface area contributed by atoms with E-state index in [1.54, 1.807) is 6.07 Å². The van der Waals surface area contributed by atoms with Gasteiger partial charge in [0.1, 0.15) is 5.82 Å². The number of aliphatic hydroxyl groups excluding tert-OH is 1. The highest BCUT2D eigenvalue weighted by atomic mass is 19.1. The van der Waals surface area contributed by atoms with Gasteiger partial charge in [0.05, 0.1) is 0 Å². The zero-order valence-corrected chi connectivity index (χ0v) is 10.6. The fourth-order valence-electron chi connectivity index (χ4n) is 2.56. The monoisotopic (exact) mass is 252 g/mol. The summed E-state index contributed by atoms with van der Waals surface area (Å²) in [6.07, 6.45) is 1.51. The summed E-state index contributed by atoms with van der Waals surface area (Å²) in [4.78, 5) is 2.31. The summed E-state index contributed by atoms with van der Waals surface area (Å²) in [5.74, 6) is -0.140. The molecule has 100 valence electrons. The standard InChI is InChI=1S/C14H21FN2O/c15-13-5-2-1-4-12(13)14(6-3-11-18)17-9-7-16-8-10-17/h1-2,4-5,14,16,18H,3,6-11H2/t14-/m1/s1. The van der Waals surface area contributed by atoms with Gasteiger partial charge in [0.2, 0.25) is 0 Å². The normalized spacial score (nSPS) is 18.8. The van der Waals surface area contributed by atoms with Crippen molar-refractivity contribution in [3.05, 3.63) is 35.6 Å². The third kappa shape index (κ3) is 3.28. The number of aliphatic hydroxyl groups is 1. The first-order valence-corrected chi connectivity index (χ1v) is 6.63. The Bertz CT molecular complexity index is 367. The third-order valence-electron chi connectivity index (χ3n) is 3.49. The minimum Gasteiger partial charge on any atom is -0.396 e. The van der Waals surface area contributed by atoms with Crippen LogP contribution >= 0.6 is 0 Å². The molecule has 1 aliphatic heterocycles. The van der Waals surface area contributed by atoms with Gasteiger partial charge in [-0.1, -0.05) is 18.2 Å². The van der Waals surface area contributed by atoms with Gasteiger partial charge >= 0.3 is 0 Å². The van der Waals surface area contributed by atoms with Crippen molar-refractivity contribution in [1.82, 2.24) is 10.2 Å². The van der Waals surface area contributed by atoms with Crippen LogP contribution in [0, 0.1) is 5.82 Å². The number of nitrogens with zero attached hydrogens (tertiary/aromatic N) is 1. The van der Waals surface area contributed by atoms with E-state index in [0.29, 0.717) is 6.42 Å². The van der Waals surface area contributed by atoms with Gasteiger partial charge in [-0.25, -0.2) is 4.39 Å². The van der Waals surface area contributed by atoms with Crippen LogP contribution in [-0.4, -0.2) is 42.8 Å². The minimum atomic E-state index is -0.140. The Labute approximate surface area is 108 Å². The number of hydrogen-bond donors (Lipinski definition) is 2. The maximum absolute atomic E-state index is 13.9. The zero-order chi connectivity index (χ0) is 12.8. The van der Waals surface area contributed by atoms with E-state index < -0.39 is 0 Å². The second kappa shape index (κ2) is 6.83. The molecule has 3 nitrogen and oxygen atoms in total. The molecule has 2 rings (SSSR count). The predicted molar refractivity (Wildman–Crippen MR) is 69.9 cm³/mol. The SMILES string of the molecule is OCCC[C@H](c1ccccc1F)N1CCNCC1. The highest BCUT2D eigenvalue weighted by molar-refractivity contribution is 5.21. The molecule has 0 amide bonds. The summed E-state index contributed by atoms with van der Waals surface area (Å²) in [5, 5.41) is 12.3. The van der Waals surface area contributed by atoms with Crippen LogP contribution in [0.15, 0.2) is 24.3 Å². The molecule has 1 heterocycles. The molecule has 0 unspecified atom stereocenters. The van der Waals surface area contributed by atoms with E-state index in [9.17, 15) is 4.39 Å². The summed E-state index contributed by atoms with van der Waals surface area (Å²) >= 11 is 0. The first-order valence-electron chi connectivity index (χ1n) is 6.63. The highest BCUT2D eigenvalue weighted by Gasteiger charge is 2.23. The highest BCUT2D eigenvalue weighted by Crippen LogP contribution is 2.27. The number of piperazine rings is 1. The van der Waals surface area contributed by atoms with Crippen molar-refractivity contribution < 1.29 is 9.50 Å². The van der Waals surface area contributed by atoms with Crippen molar-refractivity contribution in [2.45, 2.75) is 18.9 Å². The smallest absolute Gasteiger partial charge is 0.127 e. The van der Waals surface area contributed by atoms with Crippen LogP contribution in [0.2, 0.25) is 0 Å². The van der Waals surface area contributed by atoms with E-state index in [1.807, 2.05) is 12.1 Å². The molecular weight excluding hydrogens is 231 g/mol. The second-order valence-corrected chi connectivity index (χ2v) is 4.69. The van der Waals surface area contributed by atoms with Gasteiger partial charge in [0.25, 0.3) is 0 Å². The fraction of sp³-hybridized carbons (Fsp3) is 0.571. The van der Waals surface area contributed by atoms with Gasteiger partial charge in [-0.05, 0) is 18.9 Å². The lowest BCUT2D eigenvalue weighted by Gasteiger charge is -2.35. The van der Waals surface area contributed by atoms with Crippen LogP contribution in [0.25, 0.3) is 0 Å². The average molecular weight is 252 g/mol. The number of nitrogens with one attached hydrogen (secondary N) is 1. The van der Waals surface area contributed by atoms with Gasteiger partial charge in [-0.2, -0.15) is 0 Å². The third-order valence-corrected chi connectivity index (χ3v) is 3.49. The summed E-state index contributed by atoms with van der Waals surface area (Å²) < 4.78 is 13.9. The Morgan fingerprint density at radius 1 is 1.28 bits per heavy atom. The molecule has 0 bridgehead atoms. The number of hydrogen-bond acceptors (Lipinski definition) is 3. The first-order chi connectivity index (χ1) is 8.83. The van der Waals surface area contributed by atoms with Crippen LogP contribution in [0.4, 0.5) is 4.39 Å². The molecule has 1 aromatic rings. The van der Waals surface area contributed by atoms with Crippen molar-refractivity contribution in [2.75, 3.05) is 32.8 Å². The largest absolute Gasteiger partial charge is 0.396 e. The summed E-state index contributed by atoms with van der Waals surface area (Å²) in [6, 6.07) is 7.07. The van der Waals surface area contributed by atoms with E-state index >= 15 is 0 Å². The lowest BCUT2D eigenvalue weighted by atomic mass is 9.99. The molecule has 1 aromatic carbocycles. The summed E-state index contributed by atoms with van der Waals surface area (Å²) in [7, 11) is 0. The molecule has 0 aromatic heterocycles. The second-order valence-electron chi connectivity index (χ2n) is 4.69. The molecular formula is C14H21FN2O. The van der Waals surface area contributed by atoms with Crippen molar-refractivity contribution in [1.29, 1.82) is 0 Å². The number of halogens is 1. The van der Waals surface area contributed by atoms with Crippen LogP contribution in [-0.2, 0) is 0 Å².